The van der Waals surface area contributed by atoms with Crippen LogP contribution in [0.25, 0.3) is 0 Å². The van der Waals surface area contributed by atoms with Crippen molar-refractivity contribution in [1.29, 1.82) is 0 Å². The maximum Gasteiger partial charge on any atom is 0.211 e. The van der Waals surface area contributed by atoms with E-state index in [1.807, 2.05) is 6.92 Å². The van der Waals surface area contributed by atoms with Crippen molar-refractivity contribution in [3.05, 3.63) is 17.5 Å². The van der Waals surface area contributed by atoms with Gasteiger partial charge in [-0.15, -0.1) is 35.3 Å². The normalized spacial score (nSPS) is 16.1. The van der Waals surface area contributed by atoms with E-state index in [4.69, 9.17) is 0 Å². The van der Waals surface area contributed by atoms with E-state index in [9.17, 15) is 8.42 Å². The molecule has 10 heteroatoms. The van der Waals surface area contributed by atoms with Crippen LogP contribution in [0.5, 0.6) is 0 Å². The second-order valence-electron chi connectivity index (χ2n) is 6.73. The number of nitrogens with zero attached hydrogens (tertiary/aromatic N) is 3. The molecule has 2 rings (SSSR count). The molecule has 1 fully saturated rings. The predicted octanol–water partition coefficient (Wildman–Crippen LogP) is 2.56. The summed E-state index contributed by atoms with van der Waals surface area (Å²) in [5.74, 6) is 0.828. The zero-order valence-corrected chi connectivity index (χ0v) is 21.0. The molecule has 1 aliphatic rings. The lowest BCUT2D eigenvalue weighted by Crippen LogP contribution is -2.48. The molecule has 0 radical (unpaired) electrons. The van der Waals surface area contributed by atoms with Gasteiger partial charge in [0.1, 0.15) is 0 Å². The van der Waals surface area contributed by atoms with Crippen LogP contribution < -0.4 is 15.5 Å². The molecule has 0 bridgehead atoms. The molecule has 0 aliphatic carbocycles. The third-order valence-electron chi connectivity index (χ3n) is 4.66. The fraction of sp³-hybridized carbons (Fsp3) is 0.722. The second-order valence-corrected chi connectivity index (χ2v) is 9.63. The molecule has 7 nitrogen and oxygen atoms in total. The Bertz CT molecular complexity index is 674. The van der Waals surface area contributed by atoms with E-state index in [0.29, 0.717) is 32.1 Å². The fourth-order valence-electron chi connectivity index (χ4n) is 3.20. The Morgan fingerprint density at radius 3 is 2.61 bits per heavy atom. The number of thiophene rings is 1. The van der Waals surface area contributed by atoms with Crippen molar-refractivity contribution >= 4 is 56.3 Å². The lowest BCUT2D eigenvalue weighted by molar-refractivity contribution is 0.426. The standard InChI is InChI=1S/C18H33N5O2S2.HI/c1-4-19-18(20-11-7-12-23(5-2)27(3,24)25)21-16-9-13-22(14-10-16)17-8-6-15-26-17;/h6,8,15-16H,4-5,7,9-14H2,1-3H3,(H2,19,20,21);1H. The Labute approximate surface area is 191 Å². The first kappa shape index (κ1) is 25.4. The Hall–Kier alpha value is -0.590. The van der Waals surface area contributed by atoms with Gasteiger partial charge in [-0.05, 0) is 43.7 Å². The van der Waals surface area contributed by atoms with Crippen molar-refractivity contribution in [2.75, 3.05) is 50.4 Å². The van der Waals surface area contributed by atoms with Gasteiger partial charge in [0.15, 0.2) is 5.96 Å². The number of halogens is 1. The topological polar surface area (TPSA) is 77.0 Å². The van der Waals surface area contributed by atoms with Gasteiger partial charge in [-0.25, -0.2) is 12.7 Å². The van der Waals surface area contributed by atoms with Gasteiger partial charge >= 0.3 is 0 Å². The maximum absolute atomic E-state index is 11.6. The van der Waals surface area contributed by atoms with Crippen LogP contribution in [0.2, 0.25) is 0 Å². The highest BCUT2D eigenvalue weighted by atomic mass is 127. The van der Waals surface area contributed by atoms with Crippen molar-refractivity contribution in [2.45, 2.75) is 39.2 Å². The number of anilines is 1. The molecule has 0 atom stereocenters. The smallest absolute Gasteiger partial charge is 0.211 e. The molecule has 28 heavy (non-hydrogen) atoms. The summed E-state index contributed by atoms with van der Waals surface area (Å²) in [6, 6.07) is 4.70. The highest BCUT2D eigenvalue weighted by Crippen LogP contribution is 2.24. The summed E-state index contributed by atoms with van der Waals surface area (Å²) in [4.78, 5) is 7.07. The van der Waals surface area contributed by atoms with E-state index in [0.717, 1.165) is 38.4 Å². The average Bonchev–Trinajstić information content (AvgIpc) is 3.16. The largest absolute Gasteiger partial charge is 0.363 e. The highest BCUT2D eigenvalue weighted by molar-refractivity contribution is 14.0. The number of sulfonamides is 1. The van der Waals surface area contributed by atoms with Crippen LogP contribution in [-0.4, -0.2) is 70.2 Å². The van der Waals surface area contributed by atoms with Gasteiger partial charge in [-0.2, -0.15) is 0 Å². The number of rotatable bonds is 9. The molecule has 2 heterocycles. The predicted molar refractivity (Wildman–Crippen MR) is 131 cm³/mol. The monoisotopic (exact) mass is 543 g/mol. The van der Waals surface area contributed by atoms with Crippen molar-refractivity contribution in [2.24, 2.45) is 4.99 Å². The first-order valence-corrected chi connectivity index (χ1v) is 12.4. The molecule has 0 aromatic carbocycles. The molecular formula is C18H34IN5O2S2. The maximum atomic E-state index is 11.6. The summed E-state index contributed by atoms with van der Waals surface area (Å²) < 4.78 is 24.7. The number of hydrogen-bond acceptors (Lipinski definition) is 5. The van der Waals surface area contributed by atoms with Gasteiger partial charge in [-0.3, -0.25) is 4.99 Å². The molecule has 0 saturated carbocycles. The van der Waals surface area contributed by atoms with E-state index in [2.05, 4.69) is 45.0 Å². The molecule has 0 unspecified atom stereocenters. The second kappa shape index (κ2) is 12.9. The van der Waals surface area contributed by atoms with E-state index in [-0.39, 0.29) is 24.0 Å². The zero-order chi connectivity index (χ0) is 19.7. The van der Waals surface area contributed by atoms with Gasteiger partial charge in [-0.1, -0.05) is 6.92 Å². The van der Waals surface area contributed by atoms with Gasteiger partial charge in [0.25, 0.3) is 0 Å². The van der Waals surface area contributed by atoms with Crippen LogP contribution in [0, 0.1) is 0 Å². The van der Waals surface area contributed by atoms with Crippen molar-refractivity contribution in [3.8, 4) is 0 Å². The molecule has 1 saturated heterocycles. The minimum Gasteiger partial charge on any atom is -0.363 e. The quantitative estimate of drug-likeness (QED) is 0.217. The van der Waals surface area contributed by atoms with E-state index in [1.165, 1.54) is 15.6 Å². The van der Waals surface area contributed by atoms with E-state index < -0.39 is 10.0 Å². The lowest BCUT2D eigenvalue weighted by Gasteiger charge is -2.33. The first-order chi connectivity index (χ1) is 12.9. The molecule has 162 valence electrons. The average molecular weight is 544 g/mol. The van der Waals surface area contributed by atoms with Crippen LogP contribution in [0.3, 0.4) is 0 Å². The Morgan fingerprint density at radius 1 is 1.36 bits per heavy atom. The van der Waals surface area contributed by atoms with Gasteiger partial charge in [0, 0.05) is 45.3 Å². The molecule has 1 aromatic heterocycles. The molecule has 1 aromatic rings. The number of hydrogen-bond donors (Lipinski definition) is 2. The van der Waals surface area contributed by atoms with Crippen LogP contribution in [0.1, 0.15) is 33.1 Å². The first-order valence-electron chi connectivity index (χ1n) is 9.72. The van der Waals surface area contributed by atoms with Crippen LogP contribution >= 0.6 is 35.3 Å². The number of piperidine rings is 1. The minimum atomic E-state index is -3.12. The third-order valence-corrected chi connectivity index (χ3v) is 6.96. The molecule has 2 N–H and O–H groups in total. The van der Waals surface area contributed by atoms with Crippen LogP contribution in [-0.2, 0) is 10.0 Å². The fourth-order valence-corrected chi connectivity index (χ4v) is 4.92. The number of guanidine groups is 1. The molecular weight excluding hydrogens is 509 g/mol. The van der Waals surface area contributed by atoms with Gasteiger partial charge in [0.2, 0.25) is 10.0 Å². The summed E-state index contributed by atoms with van der Waals surface area (Å²) in [6.07, 6.45) is 4.14. The summed E-state index contributed by atoms with van der Waals surface area (Å²) in [5, 5.41) is 10.3. The van der Waals surface area contributed by atoms with Crippen molar-refractivity contribution in [1.82, 2.24) is 14.9 Å². The Morgan fingerprint density at radius 2 is 2.07 bits per heavy atom. The third kappa shape index (κ3) is 8.42. The summed E-state index contributed by atoms with van der Waals surface area (Å²) in [5.41, 5.74) is 0. The Kier molecular flexibility index (Phi) is 11.7. The zero-order valence-electron chi connectivity index (χ0n) is 17.1. The van der Waals surface area contributed by atoms with Crippen LogP contribution in [0.15, 0.2) is 22.5 Å². The summed E-state index contributed by atoms with van der Waals surface area (Å²) in [7, 11) is -3.12. The highest BCUT2D eigenvalue weighted by Gasteiger charge is 2.20. The molecule has 0 spiro atoms. The summed E-state index contributed by atoms with van der Waals surface area (Å²) >= 11 is 1.79. The van der Waals surface area contributed by atoms with Crippen molar-refractivity contribution in [3.63, 3.8) is 0 Å². The number of nitrogens with one attached hydrogen (secondary N) is 2. The lowest BCUT2D eigenvalue weighted by atomic mass is 10.1. The summed E-state index contributed by atoms with van der Waals surface area (Å²) in [6.45, 7) is 8.45. The van der Waals surface area contributed by atoms with Crippen LogP contribution in [0.4, 0.5) is 5.00 Å². The Balaban J connectivity index is 0.00000392. The van der Waals surface area contributed by atoms with Crippen molar-refractivity contribution < 1.29 is 8.42 Å². The van der Waals surface area contributed by atoms with E-state index in [1.54, 1.807) is 11.3 Å². The van der Waals surface area contributed by atoms with Gasteiger partial charge < -0.3 is 15.5 Å². The van der Waals surface area contributed by atoms with Gasteiger partial charge in [0.05, 0.1) is 11.3 Å². The molecule has 1 aliphatic heterocycles. The SMILES string of the molecule is CCNC(=NCCCN(CC)S(C)(=O)=O)NC1CCN(c2cccs2)CC1.I. The van der Waals surface area contributed by atoms with E-state index >= 15 is 0 Å². The minimum absolute atomic E-state index is 0. The number of aliphatic imine (C=N–C) groups is 1. The molecule has 0 amide bonds.